The number of nitrogens with zero attached hydrogens (tertiary/aromatic N) is 4. The van der Waals surface area contributed by atoms with Gasteiger partial charge in [-0.1, -0.05) is 49.0 Å². The van der Waals surface area contributed by atoms with E-state index in [9.17, 15) is 4.79 Å². The van der Waals surface area contributed by atoms with Crippen LogP contribution in [0.5, 0.6) is 0 Å². The number of aromatic nitrogens is 3. The normalized spacial score (nSPS) is 10.8. The second kappa shape index (κ2) is 10.2. The smallest absolute Gasteiger partial charge is 0.233 e. The van der Waals surface area contributed by atoms with Crippen LogP contribution in [0.4, 0.5) is 0 Å². The number of rotatable bonds is 10. The zero-order chi connectivity index (χ0) is 18.1. The van der Waals surface area contributed by atoms with Crippen LogP contribution < -0.4 is 0 Å². The third-order valence-corrected chi connectivity index (χ3v) is 5.11. The number of carbonyl (C=O) groups excluding carboxylic acids is 1. The Kier molecular flexibility index (Phi) is 7.98. The number of aryl methyl sites for hydroxylation is 2. The van der Waals surface area contributed by atoms with Crippen molar-refractivity contribution in [2.45, 2.75) is 51.7 Å². The SMILES string of the molecule is CCCn1c(CCc2ccccc2)nnc1SCC(=O)N(CC)CC. The van der Waals surface area contributed by atoms with E-state index in [2.05, 4.69) is 46.0 Å². The molecule has 0 saturated heterocycles. The van der Waals surface area contributed by atoms with Gasteiger partial charge in [0.05, 0.1) is 5.75 Å². The summed E-state index contributed by atoms with van der Waals surface area (Å²) in [6.45, 7) is 8.55. The maximum atomic E-state index is 12.2. The average Bonchev–Trinajstić information content (AvgIpc) is 3.02. The van der Waals surface area contributed by atoms with Gasteiger partial charge in [0.2, 0.25) is 5.91 Å². The molecule has 0 spiro atoms. The number of amides is 1. The van der Waals surface area contributed by atoms with E-state index in [4.69, 9.17) is 0 Å². The second-order valence-electron chi connectivity index (χ2n) is 5.89. The van der Waals surface area contributed by atoms with Crippen molar-refractivity contribution >= 4 is 17.7 Å². The summed E-state index contributed by atoms with van der Waals surface area (Å²) in [5, 5.41) is 9.57. The quantitative estimate of drug-likeness (QED) is 0.609. The zero-order valence-corrected chi connectivity index (χ0v) is 16.3. The molecule has 1 aromatic heterocycles. The first-order valence-electron chi connectivity index (χ1n) is 9.06. The van der Waals surface area contributed by atoms with Gasteiger partial charge in [-0.3, -0.25) is 4.79 Å². The molecule has 6 heteroatoms. The average molecular weight is 361 g/mol. The highest BCUT2D eigenvalue weighted by Crippen LogP contribution is 2.19. The number of thioether (sulfide) groups is 1. The van der Waals surface area contributed by atoms with Gasteiger partial charge in [-0.05, 0) is 32.3 Å². The van der Waals surface area contributed by atoms with Crippen molar-refractivity contribution in [3.63, 3.8) is 0 Å². The molecule has 25 heavy (non-hydrogen) atoms. The summed E-state index contributed by atoms with van der Waals surface area (Å²) in [5.74, 6) is 1.58. The molecule has 0 aliphatic heterocycles. The summed E-state index contributed by atoms with van der Waals surface area (Å²) in [5.41, 5.74) is 1.31. The Hall–Kier alpha value is -1.82. The molecule has 2 aromatic rings. The van der Waals surface area contributed by atoms with Gasteiger partial charge in [0.15, 0.2) is 5.16 Å². The van der Waals surface area contributed by atoms with Crippen LogP contribution in [0.1, 0.15) is 38.6 Å². The van der Waals surface area contributed by atoms with Crippen LogP contribution in [0.2, 0.25) is 0 Å². The molecule has 0 saturated carbocycles. The lowest BCUT2D eigenvalue weighted by atomic mass is 10.1. The predicted octanol–water partition coefficient (Wildman–Crippen LogP) is 3.43. The third kappa shape index (κ3) is 5.59. The number of hydrogen-bond donors (Lipinski definition) is 0. The van der Waals surface area contributed by atoms with Gasteiger partial charge >= 0.3 is 0 Å². The summed E-state index contributed by atoms with van der Waals surface area (Å²) in [4.78, 5) is 14.1. The van der Waals surface area contributed by atoms with Crippen molar-refractivity contribution in [3.8, 4) is 0 Å². The molecule has 5 nitrogen and oxygen atoms in total. The van der Waals surface area contributed by atoms with Crippen LogP contribution in [-0.4, -0.2) is 44.4 Å². The number of carbonyl (C=O) groups is 1. The lowest BCUT2D eigenvalue weighted by Gasteiger charge is -2.18. The van der Waals surface area contributed by atoms with Gasteiger partial charge in [-0.2, -0.15) is 0 Å². The molecule has 0 unspecified atom stereocenters. The fourth-order valence-corrected chi connectivity index (χ4v) is 3.64. The van der Waals surface area contributed by atoms with E-state index in [0.29, 0.717) is 5.75 Å². The first-order valence-corrected chi connectivity index (χ1v) is 10.0. The van der Waals surface area contributed by atoms with E-state index in [0.717, 1.165) is 49.9 Å². The maximum Gasteiger partial charge on any atom is 0.233 e. The minimum atomic E-state index is 0.159. The van der Waals surface area contributed by atoms with E-state index in [1.807, 2.05) is 24.8 Å². The van der Waals surface area contributed by atoms with Crippen LogP contribution in [-0.2, 0) is 24.2 Å². The first kappa shape index (κ1) is 19.5. The lowest BCUT2D eigenvalue weighted by molar-refractivity contribution is -0.127. The van der Waals surface area contributed by atoms with Crippen LogP contribution in [0.25, 0.3) is 0 Å². The molecule has 0 aliphatic rings. The molecule has 2 rings (SSSR count). The van der Waals surface area contributed by atoms with Gasteiger partial charge in [-0.25, -0.2) is 0 Å². The van der Waals surface area contributed by atoms with E-state index in [1.165, 1.54) is 17.3 Å². The number of hydrogen-bond acceptors (Lipinski definition) is 4. The van der Waals surface area contributed by atoms with E-state index in [-0.39, 0.29) is 5.91 Å². The standard InChI is InChI=1S/C19H28N4OS/c1-4-14-23-17(13-12-16-10-8-7-9-11-16)20-21-19(23)25-15-18(24)22(5-2)6-3/h7-11H,4-6,12-15H2,1-3H3. The fraction of sp³-hybridized carbons (Fsp3) is 0.526. The Bertz CT molecular complexity index is 653. The number of benzene rings is 1. The molecule has 0 fully saturated rings. The minimum absolute atomic E-state index is 0.159. The third-order valence-electron chi connectivity index (χ3n) is 4.16. The summed E-state index contributed by atoms with van der Waals surface area (Å²) in [6.07, 6.45) is 2.83. The Labute approximate surface area is 154 Å². The van der Waals surface area contributed by atoms with Crippen molar-refractivity contribution in [2.75, 3.05) is 18.8 Å². The summed E-state index contributed by atoms with van der Waals surface area (Å²) in [6, 6.07) is 10.4. The molecule has 1 amide bonds. The van der Waals surface area contributed by atoms with Gasteiger partial charge in [-0.15, -0.1) is 10.2 Å². The zero-order valence-electron chi connectivity index (χ0n) is 15.4. The van der Waals surface area contributed by atoms with Crippen LogP contribution in [0, 0.1) is 0 Å². The van der Waals surface area contributed by atoms with E-state index in [1.54, 1.807) is 0 Å². The molecule has 1 aromatic carbocycles. The largest absolute Gasteiger partial charge is 0.343 e. The lowest BCUT2D eigenvalue weighted by Crippen LogP contribution is -2.31. The fourth-order valence-electron chi connectivity index (χ4n) is 2.75. The molecule has 0 atom stereocenters. The van der Waals surface area contributed by atoms with Crippen LogP contribution in [0.15, 0.2) is 35.5 Å². The molecule has 0 radical (unpaired) electrons. The molecule has 0 N–H and O–H groups in total. The second-order valence-corrected chi connectivity index (χ2v) is 6.83. The van der Waals surface area contributed by atoms with Crippen molar-refractivity contribution in [3.05, 3.63) is 41.7 Å². The van der Waals surface area contributed by atoms with Crippen molar-refractivity contribution in [1.29, 1.82) is 0 Å². The monoisotopic (exact) mass is 360 g/mol. The predicted molar refractivity (Wildman–Crippen MR) is 103 cm³/mol. The van der Waals surface area contributed by atoms with Crippen LogP contribution in [0.3, 0.4) is 0 Å². The molecular weight excluding hydrogens is 332 g/mol. The van der Waals surface area contributed by atoms with Crippen molar-refractivity contribution < 1.29 is 4.79 Å². The van der Waals surface area contributed by atoms with Gasteiger partial charge < -0.3 is 9.47 Å². The highest BCUT2D eigenvalue weighted by Gasteiger charge is 2.15. The van der Waals surface area contributed by atoms with Crippen molar-refractivity contribution in [1.82, 2.24) is 19.7 Å². The summed E-state index contributed by atoms with van der Waals surface area (Å²) in [7, 11) is 0. The van der Waals surface area contributed by atoms with Gasteiger partial charge in [0.1, 0.15) is 5.82 Å². The minimum Gasteiger partial charge on any atom is -0.343 e. The molecule has 0 aliphatic carbocycles. The van der Waals surface area contributed by atoms with Crippen LogP contribution >= 0.6 is 11.8 Å². The van der Waals surface area contributed by atoms with Crippen molar-refractivity contribution in [2.24, 2.45) is 0 Å². The van der Waals surface area contributed by atoms with Gasteiger partial charge in [0, 0.05) is 26.1 Å². The molecular formula is C19H28N4OS. The molecule has 0 bridgehead atoms. The highest BCUT2D eigenvalue weighted by molar-refractivity contribution is 7.99. The van der Waals surface area contributed by atoms with E-state index >= 15 is 0 Å². The maximum absolute atomic E-state index is 12.2. The Morgan fingerprint density at radius 1 is 1.08 bits per heavy atom. The first-order chi connectivity index (χ1) is 12.2. The molecule has 1 heterocycles. The summed E-state index contributed by atoms with van der Waals surface area (Å²) >= 11 is 1.49. The topological polar surface area (TPSA) is 51.0 Å². The summed E-state index contributed by atoms with van der Waals surface area (Å²) < 4.78 is 2.17. The Balaban J connectivity index is 2.01. The Morgan fingerprint density at radius 2 is 1.80 bits per heavy atom. The molecule has 136 valence electrons. The Morgan fingerprint density at radius 3 is 2.44 bits per heavy atom. The van der Waals surface area contributed by atoms with E-state index < -0.39 is 0 Å². The van der Waals surface area contributed by atoms with Gasteiger partial charge in [0.25, 0.3) is 0 Å². The highest BCUT2D eigenvalue weighted by atomic mass is 32.2.